The number of esters is 1. The van der Waals surface area contributed by atoms with E-state index in [2.05, 4.69) is 14.9 Å². The third-order valence-corrected chi connectivity index (χ3v) is 2.96. The van der Waals surface area contributed by atoms with E-state index < -0.39 is 0 Å². The fourth-order valence-electron chi connectivity index (χ4n) is 1.91. The summed E-state index contributed by atoms with van der Waals surface area (Å²) >= 11 is 0. The summed E-state index contributed by atoms with van der Waals surface area (Å²) < 4.78 is 9.86. The van der Waals surface area contributed by atoms with Gasteiger partial charge in [0.25, 0.3) is 0 Å². The molecule has 0 fully saturated rings. The van der Waals surface area contributed by atoms with E-state index in [0.29, 0.717) is 37.4 Å². The second kappa shape index (κ2) is 7.77. The van der Waals surface area contributed by atoms with Crippen molar-refractivity contribution in [3.05, 3.63) is 11.7 Å². The molecule has 0 N–H and O–H groups in total. The lowest BCUT2D eigenvalue weighted by Crippen LogP contribution is -2.21. The number of aldehydes is 1. The van der Waals surface area contributed by atoms with E-state index in [4.69, 9.17) is 4.52 Å². The molecule has 0 spiro atoms. The molecule has 112 valence electrons. The number of ether oxygens (including phenoxy) is 1. The minimum atomic E-state index is -0.283. The Morgan fingerprint density at radius 2 is 2.15 bits per heavy atom. The monoisotopic (exact) mass is 282 g/mol. The van der Waals surface area contributed by atoms with E-state index in [1.165, 1.54) is 7.11 Å². The highest BCUT2D eigenvalue weighted by Crippen LogP contribution is 2.25. The first-order chi connectivity index (χ1) is 9.46. The Labute approximate surface area is 118 Å². The maximum Gasteiger partial charge on any atom is 0.306 e. The normalized spacial score (nSPS) is 11.3. The van der Waals surface area contributed by atoms with Crippen LogP contribution >= 0.6 is 0 Å². The molecule has 0 aliphatic rings. The molecule has 0 bridgehead atoms. The molecule has 6 nitrogen and oxygen atoms in total. The van der Waals surface area contributed by atoms with Gasteiger partial charge in [-0.05, 0) is 18.3 Å². The minimum Gasteiger partial charge on any atom is -0.469 e. The standard InChI is InChI=1S/C14H22N2O4/c1-14(2,10-13(18)19-3)9-12-15-11(16-20-12)7-5-4-6-8-17/h8H,4-7,9-10H2,1-3H3. The summed E-state index contributed by atoms with van der Waals surface area (Å²) in [6, 6.07) is 0. The summed E-state index contributed by atoms with van der Waals surface area (Å²) in [5.74, 6) is 0.938. The van der Waals surface area contributed by atoms with E-state index in [-0.39, 0.29) is 11.4 Å². The van der Waals surface area contributed by atoms with Crippen molar-refractivity contribution in [1.82, 2.24) is 10.1 Å². The van der Waals surface area contributed by atoms with Crippen molar-refractivity contribution >= 4 is 12.3 Å². The molecule has 1 heterocycles. The van der Waals surface area contributed by atoms with Gasteiger partial charge in [-0.15, -0.1) is 0 Å². The molecule has 0 atom stereocenters. The number of nitrogens with zero attached hydrogens (tertiary/aromatic N) is 2. The first-order valence-corrected chi connectivity index (χ1v) is 6.79. The van der Waals surface area contributed by atoms with Crippen molar-refractivity contribution in [2.24, 2.45) is 5.41 Å². The number of hydrogen-bond donors (Lipinski definition) is 0. The van der Waals surface area contributed by atoms with E-state index in [0.717, 1.165) is 19.1 Å². The molecule has 0 aliphatic carbocycles. The largest absolute Gasteiger partial charge is 0.469 e. The van der Waals surface area contributed by atoms with Gasteiger partial charge in [0.05, 0.1) is 13.5 Å². The lowest BCUT2D eigenvalue weighted by molar-refractivity contribution is -0.142. The Bertz CT molecular complexity index is 440. The van der Waals surface area contributed by atoms with Gasteiger partial charge in [0, 0.05) is 19.3 Å². The summed E-state index contributed by atoms with van der Waals surface area (Å²) in [6.07, 6.45) is 4.72. The zero-order chi connectivity index (χ0) is 15.0. The zero-order valence-corrected chi connectivity index (χ0v) is 12.3. The molecule has 0 radical (unpaired) electrons. The highest BCUT2D eigenvalue weighted by atomic mass is 16.5. The fourth-order valence-corrected chi connectivity index (χ4v) is 1.91. The molecule has 1 rings (SSSR count). The third-order valence-electron chi connectivity index (χ3n) is 2.96. The quantitative estimate of drug-likeness (QED) is 0.392. The van der Waals surface area contributed by atoms with Crippen molar-refractivity contribution in [2.45, 2.75) is 52.4 Å². The highest BCUT2D eigenvalue weighted by Gasteiger charge is 2.25. The number of aryl methyl sites for hydroxylation is 1. The summed E-state index contributed by atoms with van der Waals surface area (Å²) in [5.41, 5.74) is -0.283. The molecular formula is C14H22N2O4. The molecular weight excluding hydrogens is 260 g/mol. The van der Waals surface area contributed by atoms with Crippen LogP contribution in [0.25, 0.3) is 0 Å². The molecule has 0 unspecified atom stereocenters. The number of rotatable bonds is 9. The van der Waals surface area contributed by atoms with Gasteiger partial charge in [-0.3, -0.25) is 4.79 Å². The van der Waals surface area contributed by atoms with Crippen LogP contribution < -0.4 is 0 Å². The molecule has 0 amide bonds. The van der Waals surface area contributed by atoms with E-state index in [1.807, 2.05) is 13.8 Å². The van der Waals surface area contributed by atoms with Gasteiger partial charge in [0.15, 0.2) is 5.82 Å². The van der Waals surface area contributed by atoms with Crippen LogP contribution in [0.2, 0.25) is 0 Å². The lowest BCUT2D eigenvalue weighted by Gasteiger charge is -2.20. The van der Waals surface area contributed by atoms with Gasteiger partial charge in [0.2, 0.25) is 5.89 Å². The van der Waals surface area contributed by atoms with Crippen LogP contribution in [-0.4, -0.2) is 29.5 Å². The van der Waals surface area contributed by atoms with Crippen LogP contribution in [0.1, 0.15) is 51.2 Å². The first-order valence-electron chi connectivity index (χ1n) is 6.79. The van der Waals surface area contributed by atoms with Crippen LogP contribution in [0.4, 0.5) is 0 Å². The highest BCUT2D eigenvalue weighted by molar-refractivity contribution is 5.69. The van der Waals surface area contributed by atoms with Crippen LogP contribution in [0.3, 0.4) is 0 Å². The van der Waals surface area contributed by atoms with Gasteiger partial charge in [-0.1, -0.05) is 19.0 Å². The number of carbonyl (C=O) groups excluding carboxylic acids is 2. The van der Waals surface area contributed by atoms with Gasteiger partial charge >= 0.3 is 5.97 Å². The molecule has 0 saturated heterocycles. The smallest absolute Gasteiger partial charge is 0.306 e. The Kier molecular flexibility index (Phi) is 6.35. The topological polar surface area (TPSA) is 82.3 Å². The van der Waals surface area contributed by atoms with Crippen LogP contribution in [0, 0.1) is 5.41 Å². The number of hydrogen-bond acceptors (Lipinski definition) is 6. The first kappa shape index (κ1) is 16.3. The molecule has 20 heavy (non-hydrogen) atoms. The minimum absolute atomic E-state index is 0.247. The second-order valence-corrected chi connectivity index (χ2v) is 5.61. The van der Waals surface area contributed by atoms with Crippen molar-refractivity contribution in [2.75, 3.05) is 7.11 Å². The van der Waals surface area contributed by atoms with Crippen molar-refractivity contribution in [3.8, 4) is 0 Å². The third kappa shape index (κ3) is 5.95. The van der Waals surface area contributed by atoms with Gasteiger partial charge in [-0.25, -0.2) is 0 Å². The average Bonchev–Trinajstić information content (AvgIpc) is 2.80. The van der Waals surface area contributed by atoms with Crippen LogP contribution in [0.5, 0.6) is 0 Å². The molecule has 0 aromatic carbocycles. The Balaban J connectivity index is 2.46. The molecule has 1 aromatic rings. The van der Waals surface area contributed by atoms with Gasteiger partial charge in [-0.2, -0.15) is 4.98 Å². The second-order valence-electron chi connectivity index (χ2n) is 5.61. The predicted octanol–water partition coefficient (Wildman–Crippen LogP) is 2.11. The van der Waals surface area contributed by atoms with E-state index in [1.54, 1.807) is 0 Å². The number of unbranched alkanes of at least 4 members (excludes halogenated alkanes) is 2. The zero-order valence-electron chi connectivity index (χ0n) is 12.3. The van der Waals surface area contributed by atoms with E-state index >= 15 is 0 Å². The SMILES string of the molecule is COC(=O)CC(C)(C)Cc1nc(CCCCC=O)no1. The Hall–Kier alpha value is -1.72. The molecule has 0 aliphatic heterocycles. The van der Waals surface area contributed by atoms with Crippen LogP contribution in [0.15, 0.2) is 4.52 Å². The van der Waals surface area contributed by atoms with E-state index in [9.17, 15) is 9.59 Å². The summed E-state index contributed by atoms with van der Waals surface area (Å²) in [7, 11) is 1.38. The predicted molar refractivity (Wildman–Crippen MR) is 72.0 cm³/mol. The fraction of sp³-hybridized carbons (Fsp3) is 0.714. The number of methoxy groups -OCH3 is 1. The maximum absolute atomic E-state index is 11.3. The lowest BCUT2D eigenvalue weighted by atomic mass is 9.86. The maximum atomic E-state index is 11.3. The molecule has 0 saturated carbocycles. The Morgan fingerprint density at radius 3 is 2.80 bits per heavy atom. The number of aromatic nitrogens is 2. The van der Waals surface area contributed by atoms with Crippen molar-refractivity contribution in [3.63, 3.8) is 0 Å². The summed E-state index contributed by atoms with van der Waals surface area (Å²) in [6.45, 7) is 3.91. The van der Waals surface area contributed by atoms with Gasteiger partial charge < -0.3 is 14.1 Å². The van der Waals surface area contributed by atoms with Crippen molar-refractivity contribution < 1.29 is 18.8 Å². The molecule has 1 aromatic heterocycles. The average molecular weight is 282 g/mol. The molecule has 6 heteroatoms. The van der Waals surface area contributed by atoms with Crippen molar-refractivity contribution in [1.29, 1.82) is 0 Å². The van der Waals surface area contributed by atoms with Gasteiger partial charge in [0.1, 0.15) is 6.29 Å². The van der Waals surface area contributed by atoms with Crippen LogP contribution in [-0.2, 0) is 27.2 Å². The number of carbonyl (C=O) groups is 2. The summed E-state index contributed by atoms with van der Waals surface area (Å²) in [5, 5.41) is 3.91. The Morgan fingerprint density at radius 1 is 1.40 bits per heavy atom. The summed E-state index contributed by atoms with van der Waals surface area (Å²) in [4.78, 5) is 25.8.